The van der Waals surface area contributed by atoms with Crippen molar-refractivity contribution in [3.8, 4) is 0 Å². The number of rotatable bonds is 6. The summed E-state index contributed by atoms with van der Waals surface area (Å²) in [7, 11) is 0. The summed E-state index contributed by atoms with van der Waals surface area (Å²) in [6.45, 7) is 5.22. The van der Waals surface area contributed by atoms with Crippen molar-refractivity contribution in [2.24, 2.45) is 0 Å². The van der Waals surface area contributed by atoms with Crippen LogP contribution in [0.3, 0.4) is 0 Å². The van der Waals surface area contributed by atoms with Crippen LogP contribution in [0.1, 0.15) is 51.4 Å². The van der Waals surface area contributed by atoms with Crippen molar-refractivity contribution in [1.82, 2.24) is 9.88 Å². The summed E-state index contributed by atoms with van der Waals surface area (Å²) in [6.07, 6.45) is 3.46. The molecule has 1 saturated heterocycles. The van der Waals surface area contributed by atoms with E-state index >= 15 is 0 Å². The Labute approximate surface area is 207 Å². The van der Waals surface area contributed by atoms with E-state index in [-0.39, 0.29) is 30.0 Å². The lowest BCUT2D eigenvalue weighted by atomic mass is 9.94. The molecule has 0 spiro atoms. The van der Waals surface area contributed by atoms with E-state index in [4.69, 9.17) is 16.3 Å². The van der Waals surface area contributed by atoms with Crippen molar-refractivity contribution in [3.05, 3.63) is 93.0 Å². The van der Waals surface area contributed by atoms with Gasteiger partial charge in [0.05, 0.1) is 19.2 Å². The first-order valence-electron chi connectivity index (χ1n) is 11.1. The van der Waals surface area contributed by atoms with Gasteiger partial charge in [-0.15, -0.1) is 0 Å². The first kappa shape index (κ1) is 24.2. The number of Topliss-reactive ketones (excluding diaryl/α,β-unsaturated/α-hetero) is 1. The summed E-state index contributed by atoms with van der Waals surface area (Å²) in [6, 6.07) is 9.36. The third kappa shape index (κ3) is 4.44. The summed E-state index contributed by atoms with van der Waals surface area (Å²) in [5, 5.41) is 14.3. The number of H-pyrrole nitrogens is 2. The van der Waals surface area contributed by atoms with Gasteiger partial charge in [-0.2, -0.15) is 0 Å². The number of nitrogens with one attached hydrogen (secondary N) is 2. The number of amides is 1. The van der Waals surface area contributed by atoms with Crippen molar-refractivity contribution < 1.29 is 29.2 Å². The molecule has 35 heavy (non-hydrogen) atoms. The van der Waals surface area contributed by atoms with Gasteiger partial charge in [-0.25, -0.2) is 9.78 Å². The summed E-state index contributed by atoms with van der Waals surface area (Å²) in [5.41, 5.74) is 2.27. The van der Waals surface area contributed by atoms with Gasteiger partial charge in [-0.1, -0.05) is 29.5 Å². The normalized spacial score (nSPS) is 17.1. The lowest BCUT2D eigenvalue weighted by molar-refractivity contribution is -0.378. The number of benzene rings is 1. The van der Waals surface area contributed by atoms with Gasteiger partial charge in [0.2, 0.25) is 5.78 Å². The molecule has 1 aromatic carbocycles. The van der Waals surface area contributed by atoms with Crippen LogP contribution in [-0.4, -0.2) is 34.2 Å². The number of aromatic nitrogens is 2. The predicted octanol–water partition coefficient (Wildman–Crippen LogP) is 2.70. The highest BCUT2D eigenvalue weighted by Crippen LogP contribution is 2.41. The Bertz CT molecular complexity index is 1330. The first-order valence-corrected chi connectivity index (χ1v) is 11.5. The number of pyridine rings is 1. The van der Waals surface area contributed by atoms with E-state index in [1.165, 1.54) is 4.90 Å². The number of hydrogen-bond donors (Lipinski definition) is 1. The van der Waals surface area contributed by atoms with Crippen LogP contribution < -0.4 is 10.1 Å². The van der Waals surface area contributed by atoms with E-state index in [0.29, 0.717) is 21.8 Å². The van der Waals surface area contributed by atoms with E-state index in [0.717, 1.165) is 5.56 Å². The summed E-state index contributed by atoms with van der Waals surface area (Å²) in [5.74, 6) is -2.84. The molecule has 0 aliphatic carbocycles. The minimum Gasteiger partial charge on any atom is -0.872 e. The standard InChI is InChI=1S/C26H24ClN3O5/c1-4-35-26(34)21-14(2)19(15(3)29-21)23(31)20-22(17-7-9-18(27)10-8-17)30(25(33)24(20)32)13-16-6-5-11-28-12-16/h5-12,22,29,31H,4,13H2,1-3H3. The average molecular weight is 494 g/mol. The van der Waals surface area contributed by atoms with Crippen molar-refractivity contribution in [2.45, 2.75) is 33.4 Å². The van der Waals surface area contributed by atoms with Crippen molar-refractivity contribution in [2.75, 3.05) is 6.61 Å². The molecule has 180 valence electrons. The quantitative estimate of drug-likeness (QED) is 0.245. The molecule has 0 bridgehead atoms. The minimum atomic E-state index is -0.917. The summed E-state index contributed by atoms with van der Waals surface area (Å²) in [4.78, 5) is 46.0. The maximum atomic E-state index is 13.8. The Morgan fingerprint density at radius 3 is 2.54 bits per heavy atom. The van der Waals surface area contributed by atoms with E-state index < -0.39 is 29.5 Å². The Morgan fingerprint density at radius 1 is 1.20 bits per heavy atom. The molecule has 4 rings (SSSR count). The smallest absolute Gasteiger partial charge is 0.355 e. The predicted molar refractivity (Wildman–Crippen MR) is 126 cm³/mol. The number of ketones is 1. The summed E-state index contributed by atoms with van der Waals surface area (Å²) < 4.78 is 5.07. The fraction of sp³-hybridized carbons (Fsp3) is 0.231. The maximum absolute atomic E-state index is 13.8. The van der Waals surface area contributed by atoms with Gasteiger partial charge in [0.25, 0.3) is 5.91 Å². The maximum Gasteiger partial charge on any atom is 0.355 e. The van der Waals surface area contributed by atoms with E-state index in [1.807, 2.05) is 6.07 Å². The van der Waals surface area contributed by atoms with Gasteiger partial charge in [-0.3, -0.25) is 9.59 Å². The number of carbonyl (C=O) groups excluding carboxylic acids is 3. The number of hydrogen-bond acceptors (Lipinski definition) is 5. The van der Waals surface area contributed by atoms with Crippen LogP contribution in [0.15, 0.2) is 54.4 Å². The monoisotopic (exact) mass is 493 g/mol. The van der Waals surface area contributed by atoms with Gasteiger partial charge in [0, 0.05) is 27.9 Å². The van der Waals surface area contributed by atoms with E-state index in [9.17, 15) is 19.5 Å². The fourth-order valence-electron chi connectivity index (χ4n) is 4.38. The number of carbonyl (C=O) groups is 3. The number of nitrogens with zero attached hydrogens (tertiary/aromatic N) is 1. The zero-order chi connectivity index (χ0) is 25.3. The van der Waals surface area contributed by atoms with Gasteiger partial charge < -0.3 is 19.7 Å². The number of aromatic amines is 2. The van der Waals surface area contributed by atoms with E-state index in [1.54, 1.807) is 63.5 Å². The first-order chi connectivity index (χ1) is 16.7. The largest absolute Gasteiger partial charge is 0.872 e. The molecular weight excluding hydrogens is 470 g/mol. The number of halogens is 1. The highest BCUT2D eigenvalue weighted by Gasteiger charge is 2.44. The SMILES string of the molecule is CCOC(=O)c1[nH]c(C)c(C([O-])=C2C(=O)C(=O)N(Cc3ccc[nH+]c3)C2c2ccc(Cl)cc2)c1C. The van der Waals surface area contributed by atoms with E-state index in [2.05, 4.69) is 9.97 Å². The van der Waals surface area contributed by atoms with Crippen LogP contribution in [0.4, 0.5) is 0 Å². The van der Waals surface area contributed by atoms with Crippen LogP contribution in [0.25, 0.3) is 5.76 Å². The zero-order valence-electron chi connectivity index (χ0n) is 19.5. The molecule has 1 atom stereocenters. The van der Waals surface area contributed by atoms with Gasteiger partial charge in [-0.05, 0) is 55.7 Å². The lowest BCUT2D eigenvalue weighted by Crippen LogP contribution is -2.29. The molecule has 2 aromatic heterocycles. The zero-order valence-corrected chi connectivity index (χ0v) is 20.2. The number of ether oxygens (including phenoxy) is 1. The summed E-state index contributed by atoms with van der Waals surface area (Å²) >= 11 is 6.06. The van der Waals surface area contributed by atoms with Crippen LogP contribution in [0.5, 0.6) is 0 Å². The molecule has 3 heterocycles. The topological polar surface area (TPSA) is 117 Å². The third-order valence-electron chi connectivity index (χ3n) is 5.98. The molecule has 0 saturated carbocycles. The van der Waals surface area contributed by atoms with Gasteiger partial charge >= 0.3 is 5.97 Å². The average Bonchev–Trinajstić information content (AvgIpc) is 3.27. The number of esters is 1. The molecule has 3 aromatic rings. The molecule has 8 nitrogen and oxygen atoms in total. The minimum absolute atomic E-state index is 0.116. The second-order valence-electron chi connectivity index (χ2n) is 8.22. The highest BCUT2D eigenvalue weighted by molar-refractivity contribution is 6.46. The molecule has 0 radical (unpaired) electrons. The van der Waals surface area contributed by atoms with Crippen molar-refractivity contribution in [3.63, 3.8) is 0 Å². The second-order valence-corrected chi connectivity index (χ2v) is 8.65. The molecule has 1 aliphatic heterocycles. The molecule has 1 unspecified atom stereocenters. The molecule has 2 N–H and O–H groups in total. The number of likely N-dealkylation sites (tertiary alicyclic amines) is 1. The Morgan fingerprint density at radius 2 is 1.91 bits per heavy atom. The van der Waals surface area contributed by atoms with Crippen LogP contribution in [0, 0.1) is 13.8 Å². The van der Waals surface area contributed by atoms with Gasteiger partial charge in [0.15, 0.2) is 12.4 Å². The Hall–Kier alpha value is -3.91. The van der Waals surface area contributed by atoms with Gasteiger partial charge in [0.1, 0.15) is 5.69 Å². The molecule has 9 heteroatoms. The third-order valence-corrected chi connectivity index (χ3v) is 6.24. The van der Waals surface area contributed by atoms with Crippen LogP contribution in [-0.2, 0) is 20.9 Å². The molecule has 1 amide bonds. The van der Waals surface area contributed by atoms with Crippen molar-refractivity contribution >= 4 is 35.0 Å². The fourth-order valence-corrected chi connectivity index (χ4v) is 4.51. The van der Waals surface area contributed by atoms with Crippen LogP contribution in [0.2, 0.25) is 5.02 Å². The number of aryl methyl sites for hydroxylation is 1. The molecule has 1 fully saturated rings. The van der Waals surface area contributed by atoms with Crippen molar-refractivity contribution in [1.29, 1.82) is 0 Å². The molecular formula is C26H24ClN3O5. The second kappa shape index (κ2) is 9.76. The molecule has 1 aliphatic rings. The Balaban J connectivity index is 1.89. The van der Waals surface area contributed by atoms with Crippen LogP contribution >= 0.6 is 11.6 Å². The lowest BCUT2D eigenvalue weighted by Gasteiger charge is -2.27. The highest BCUT2D eigenvalue weighted by atomic mass is 35.5. The Kier molecular flexibility index (Phi) is 6.75.